The first-order valence-corrected chi connectivity index (χ1v) is 34.9. The van der Waals surface area contributed by atoms with Crippen LogP contribution in [-0.2, 0) is 99.4 Å². The molecule has 101 heavy (non-hydrogen) atoms. The van der Waals surface area contributed by atoms with Gasteiger partial charge in [0, 0.05) is 49.6 Å². The molecular formula is C66H101N17O16SZn. The fourth-order valence-corrected chi connectivity index (χ4v) is 12.0. The summed E-state index contributed by atoms with van der Waals surface area (Å²) in [5, 5.41) is 52.5. The van der Waals surface area contributed by atoms with Crippen LogP contribution >= 0.6 is 11.8 Å². The van der Waals surface area contributed by atoms with Gasteiger partial charge >= 0.3 is 19.5 Å². The molecule has 18 N–H and O–H groups in total. The molecule has 0 aliphatic carbocycles. The molecule has 35 heteroatoms. The van der Waals surface area contributed by atoms with Crippen molar-refractivity contribution in [3.63, 3.8) is 0 Å². The molecule has 0 bridgehead atoms. The van der Waals surface area contributed by atoms with Crippen LogP contribution in [-0.4, -0.2) is 189 Å². The molecule has 1 fully saturated rings. The van der Waals surface area contributed by atoms with E-state index in [2.05, 4.69) is 73.4 Å². The number of rotatable bonds is 31. The van der Waals surface area contributed by atoms with Gasteiger partial charge in [-0.2, -0.15) is 0 Å². The third-order valence-electron chi connectivity index (χ3n) is 17.5. The number of aromatic nitrogens is 2. The van der Waals surface area contributed by atoms with Crippen LogP contribution in [0.5, 0.6) is 0 Å². The predicted molar refractivity (Wildman–Crippen MR) is 364 cm³/mol. The second-order valence-electron chi connectivity index (χ2n) is 25.9. The maximum Gasteiger partial charge on any atom is 2.00 e. The number of carboxylic acid groups (broad SMARTS) is 2. The summed E-state index contributed by atoms with van der Waals surface area (Å²) in [4.78, 5) is 206. The van der Waals surface area contributed by atoms with E-state index >= 15 is 0 Å². The van der Waals surface area contributed by atoms with Gasteiger partial charge in [0.25, 0.3) is 0 Å². The van der Waals surface area contributed by atoms with E-state index in [1.54, 1.807) is 71.9 Å². The van der Waals surface area contributed by atoms with Crippen LogP contribution in [0.2, 0.25) is 0 Å². The average molecular weight is 1490 g/mol. The Bertz CT molecular complexity index is 3170. The molecular weight excluding hydrogens is 1380 g/mol. The zero-order chi connectivity index (χ0) is 74.3. The van der Waals surface area contributed by atoms with E-state index in [1.807, 2.05) is 13.8 Å². The van der Waals surface area contributed by atoms with Gasteiger partial charge < -0.3 is 100 Å². The third kappa shape index (κ3) is 29.2. The van der Waals surface area contributed by atoms with Crippen molar-refractivity contribution in [3.8, 4) is 0 Å². The van der Waals surface area contributed by atoms with E-state index in [0.717, 1.165) is 6.42 Å². The minimum Gasteiger partial charge on any atom is -0.550 e. The van der Waals surface area contributed by atoms with E-state index in [4.69, 9.17) is 17.2 Å². The molecule has 3 heterocycles. The van der Waals surface area contributed by atoms with Gasteiger partial charge in [0.15, 0.2) is 0 Å². The molecule has 7 unspecified atom stereocenters. The molecule has 1 saturated heterocycles. The molecule has 15 atom stereocenters. The first kappa shape index (κ1) is 86.8. The number of nitrogens with two attached hydrogens (primary N) is 3. The van der Waals surface area contributed by atoms with Crippen molar-refractivity contribution >= 4 is 99.6 Å². The number of hydrogen-bond donors (Lipinski definition) is 15. The minimum atomic E-state index is -2.01. The summed E-state index contributed by atoms with van der Waals surface area (Å²) >= 11 is 1.19. The van der Waals surface area contributed by atoms with Gasteiger partial charge in [-0.05, 0) is 87.1 Å². The van der Waals surface area contributed by atoms with Crippen LogP contribution in [0.3, 0.4) is 0 Å². The van der Waals surface area contributed by atoms with Crippen molar-refractivity contribution in [1.82, 2.24) is 68.5 Å². The largest absolute Gasteiger partial charge is 2.00 e. The number of hydrogen-bond acceptors (Lipinski definition) is 21. The number of carbonyl (C=O) groups is 14. The van der Waals surface area contributed by atoms with E-state index in [-0.39, 0.29) is 121 Å². The quantitative estimate of drug-likeness (QED) is 0.0317. The Kier molecular flexibility index (Phi) is 37.9. The molecule has 0 saturated carbocycles. The SMILES string of the molecule is CCC(C)C(N)C1=NCC(C(=O)N[C@@H](CC(C)C)C(=O)N[C@H](CCC(=O)[O-])C(=O)N[C@H](C(=O)NC2CCCCNC(=O)C(CC(N)=O)NC(=O)[C@@H](CC(=O)[O-])NC(=O)[C@H](Cc3cnc[nH]3)NC(=O)C(Cc3ccccc3)NC(=O)[C@H]([C@@H](C)CC)NC(=O)C(CCCN)NC2=O)[C@@H](C)CC)S1.[Zn+2]. The third-order valence-corrected chi connectivity index (χ3v) is 18.7. The summed E-state index contributed by atoms with van der Waals surface area (Å²) in [5.74, 6) is -16.4. The number of carboxylic acids is 2. The Morgan fingerprint density at radius 1 is 0.663 bits per heavy atom. The van der Waals surface area contributed by atoms with Crippen LogP contribution in [0, 0.1) is 23.7 Å². The molecule has 2 aliphatic rings. The number of benzene rings is 1. The van der Waals surface area contributed by atoms with Crippen molar-refractivity contribution in [3.05, 3.63) is 54.1 Å². The number of imidazole rings is 1. The average Bonchev–Trinajstić information content (AvgIpc) is 1.78. The number of thioether (sulfide) groups is 1. The number of carbonyl (C=O) groups excluding carboxylic acids is 14. The summed E-state index contributed by atoms with van der Waals surface area (Å²) in [5.41, 5.74) is 18.7. The van der Waals surface area contributed by atoms with Gasteiger partial charge in [-0.25, -0.2) is 4.98 Å². The standard InChI is InChI=1S/C66H103N17O16S.Zn/c1-9-35(6)52(69)66-72-32-48(100-66)63(97)80-43(26-34(4)5)59(93)75-42(22-23-50(85)86)58(92)83-53(36(7)10-2)64(98)76-40-20-15-16-25-71-55(89)46(29-49(68)84)78-62(96)47(30-51(87)88)79-61(95)45(28-39-31-70-33-73-39)77-60(94)44(27-38-18-13-12-14-19-38)81-65(99)54(37(8)11-3)82-57(91)41(21-17-24-67)74-56(40)90;/h12-14,18-19,31,33-37,40-48,52-54H,9-11,15-17,20-30,32,67,69H2,1-8H3,(H2,68,84)(H,70,73)(H,71,89)(H,74,90)(H,75,93)(H,76,98)(H,77,94)(H,78,96)(H,79,95)(H,80,97)(H,81,99)(H,82,91)(H,83,92)(H,85,86)(H,87,88);/q;+2/p-2/t35?,36-,37-,40?,41?,42+,43-,44?,45-,46?,47+,48?,52?,53-,54-;/m0./s1. The Hall–Kier alpha value is -8.43. The Morgan fingerprint density at radius 2 is 1.26 bits per heavy atom. The van der Waals surface area contributed by atoms with Gasteiger partial charge in [-0.3, -0.25) is 62.5 Å². The number of aliphatic carboxylic acids is 2. The van der Waals surface area contributed by atoms with Crippen molar-refractivity contribution in [2.75, 3.05) is 19.6 Å². The summed E-state index contributed by atoms with van der Waals surface area (Å²) in [6, 6.07) is -7.73. The van der Waals surface area contributed by atoms with Crippen LogP contribution < -0.4 is 85.9 Å². The van der Waals surface area contributed by atoms with Crippen LogP contribution in [0.25, 0.3) is 0 Å². The molecule has 1 aromatic carbocycles. The smallest absolute Gasteiger partial charge is 0.550 e. The topological polar surface area (TPSA) is 537 Å². The number of amides is 12. The van der Waals surface area contributed by atoms with Crippen molar-refractivity contribution < 1.29 is 96.8 Å². The number of aliphatic imine (C=N–C) groups is 1. The van der Waals surface area contributed by atoms with Gasteiger partial charge in [-0.1, -0.05) is 117 Å². The zero-order valence-electron chi connectivity index (χ0n) is 58.8. The van der Waals surface area contributed by atoms with Gasteiger partial charge in [0.05, 0.1) is 30.4 Å². The van der Waals surface area contributed by atoms with Crippen molar-refractivity contribution in [2.45, 2.75) is 223 Å². The van der Waals surface area contributed by atoms with Gasteiger partial charge in [-0.15, -0.1) is 0 Å². The minimum absolute atomic E-state index is 0. The fraction of sp³-hybridized carbons (Fsp3) is 0.636. The zero-order valence-corrected chi connectivity index (χ0v) is 62.6. The summed E-state index contributed by atoms with van der Waals surface area (Å²) in [6.45, 7) is 14.1. The van der Waals surface area contributed by atoms with Crippen LogP contribution in [0.1, 0.15) is 150 Å². The number of primary amides is 1. The van der Waals surface area contributed by atoms with E-state index in [1.165, 1.54) is 24.3 Å². The van der Waals surface area contributed by atoms with Crippen molar-refractivity contribution in [2.24, 2.45) is 45.9 Å². The van der Waals surface area contributed by atoms with Crippen molar-refractivity contribution in [1.29, 1.82) is 0 Å². The molecule has 554 valence electrons. The number of aromatic amines is 1. The van der Waals surface area contributed by atoms with Gasteiger partial charge in [0.1, 0.15) is 65.7 Å². The Labute approximate surface area is 605 Å². The Morgan fingerprint density at radius 3 is 1.84 bits per heavy atom. The van der Waals surface area contributed by atoms with Gasteiger partial charge in [0.2, 0.25) is 70.9 Å². The van der Waals surface area contributed by atoms with E-state index in [9.17, 15) is 77.3 Å². The van der Waals surface area contributed by atoms with Crippen LogP contribution in [0.4, 0.5) is 0 Å². The molecule has 2 aromatic rings. The summed E-state index contributed by atoms with van der Waals surface area (Å²) in [7, 11) is 0. The number of nitrogens with zero attached hydrogens (tertiary/aromatic N) is 2. The maximum absolute atomic E-state index is 14.9. The predicted octanol–water partition coefficient (Wildman–Crippen LogP) is -4.35. The second kappa shape index (κ2) is 44.1. The molecule has 0 radical (unpaired) electrons. The molecule has 33 nitrogen and oxygen atoms in total. The fourth-order valence-electron chi connectivity index (χ4n) is 10.8. The summed E-state index contributed by atoms with van der Waals surface area (Å²) in [6.07, 6.45) is -0.0657. The maximum atomic E-state index is 14.9. The van der Waals surface area contributed by atoms with Crippen LogP contribution in [0.15, 0.2) is 47.8 Å². The second-order valence-corrected chi connectivity index (χ2v) is 27.1. The Balaban J connectivity index is 0.0000265. The number of nitrogens with one attached hydrogen (secondary N) is 12. The first-order valence-electron chi connectivity index (χ1n) is 34.1. The molecule has 12 amide bonds. The monoisotopic (exact) mass is 1480 g/mol. The molecule has 1 aromatic heterocycles. The normalized spacial score (nSPS) is 22.9. The first-order chi connectivity index (χ1) is 47.4. The van der Waals surface area contributed by atoms with E-state index < -0.39 is 192 Å². The number of H-pyrrole nitrogens is 1. The molecule has 4 rings (SSSR count). The van der Waals surface area contributed by atoms with E-state index in [0.29, 0.717) is 10.6 Å². The molecule has 2 aliphatic heterocycles. The molecule has 0 spiro atoms. The summed E-state index contributed by atoms with van der Waals surface area (Å²) < 4.78 is 0.